The highest BCUT2D eigenvalue weighted by atomic mass is 32.2. The Labute approximate surface area is 133 Å². The lowest BCUT2D eigenvalue weighted by Crippen LogP contribution is -3.14. The van der Waals surface area contributed by atoms with Crippen LogP contribution in [0.4, 0.5) is 0 Å². The number of hydrogen-bond acceptors (Lipinski definition) is 6. The molecule has 0 atom stereocenters. The van der Waals surface area contributed by atoms with Crippen LogP contribution in [0, 0.1) is 11.3 Å². The Kier molecular flexibility index (Phi) is 4.63. The number of ether oxygens (including phenoxy) is 1. The van der Waals surface area contributed by atoms with Gasteiger partial charge in [-0.1, -0.05) is 0 Å². The molecule has 22 heavy (non-hydrogen) atoms. The predicted octanol–water partition coefficient (Wildman–Crippen LogP) is -0.843. The number of aromatic nitrogens is 2. The van der Waals surface area contributed by atoms with Gasteiger partial charge in [-0.2, -0.15) is 5.26 Å². The van der Waals surface area contributed by atoms with Gasteiger partial charge in [0.05, 0.1) is 29.5 Å². The largest absolute Gasteiger partial charge is 0.370 e. The van der Waals surface area contributed by atoms with Gasteiger partial charge in [-0.3, -0.25) is 9.78 Å². The first-order valence-corrected chi connectivity index (χ1v) is 8.72. The molecule has 0 amide bonds. The van der Waals surface area contributed by atoms with Crippen molar-refractivity contribution in [2.75, 3.05) is 38.6 Å². The van der Waals surface area contributed by atoms with Crippen LogP contribution < -0.4 is 16.1 Å². The van der Waals surface area contributed by atoms with E-state index in [9.17, 15) is 14.9 Å². The van der Waals surface area contributed by atoms with Gasteiger partial charge in [0.25, 0.3) is 5.56 Å². The molecule has 3 rings (SSSR count). The summed E-state index contributed by atoms with van der Waals surface area (Å²) in [4.78, 5) is 29.4. The summed E-state index contributed by atoms with van der Waals surface area (Å²) < 4.78 is 6.51. The van der Waals surface area contributed by atoms with Crippen LogP contribution in [0.2, 0.25) is 0 Å². The topological polar surface area (TPSA) is 103 Å². The van der Waals surface area contributed by atoms with E-state index in [1.165, 1.54) is 16.2 Å². The molecule has 0 saturated carbocycles. The molecule has 0 radical (unpaired) electrons. The van der Waals surface area contributed by atoms with E-state index in [1.807, 2.05) is 0 Å². The summed E-state index contributed by atoms with van der Waals surface area (Å²) in [6.45, 7) is 4.59. The number of thiophene rings is 1. The van der Waals surface area contributed by atoms with E-state index in [-0.39, 0.29) is 0 Å². The van der Waals surface area contributed by atoms with Crippen molar-refractivity contribution in [3.63, 3.8) is 0 Å². The summed E-state index contributed by atoms with van der Waals surface area (Å²) in [5.41, 5.74) is -0.278. The Hall–Kier alpha value is -1.60. The van der Waals surface area contributed by atoms with E-state index < -0.39 is 11.2 Å². The summed E-state index contributed by atoms with van der Waals surface area (Å²) in [5, 5.41) is 9.32. The highest BCUT2D eigenvalue weighted by molar-refractivity contribution is 8.01. The summed E-state index contributed by atoms with van der Waals surface area (Å²) >= 11 is 2.83. The number of morpholine rings is 1. The van der Waals surface area contributed by atoms with Gasteiger partial charge in [0.1, 0.15) is 29.4 Å². The van der Waals surface area contributed by atoms with Gasteiger partial charge < -0.3 is 14.6 Å². The maximum absolute atomic E-state index is 11.8. The van der Waals surface area contributed by atoms with Crippen molar-refractivity contribution < 1.29 is 9.64 Å². The lowest BCUT2D eigenvalue weighted by atomic mass is 10.3. The highest BCUT2D eigenvalue weighted by Gasteiger charge is 2.18. The molecule has 1 saturated heterocycles. The van der Waals surface area contributed by atoms with Gasteiger partial charge in [0.2, 0.25) is 0 Å². The first kappa shape index (κ1) is 15.3. The van der Waals surface area contributed by atoms with Crippen molar-refractivity contribution in [2.24, 2.45) is 0 Å². The minimum absolute atomic E-state index is 0.350. The Balaban J connectivity index is 1.79. The zero-order chi connectivity index (χ0) is 15.5. The molecule has 116 valence electrons. The molecular formula is C13H15N4O3S2+. The number of nitrogens with zero attached hydrogens (tertiary/aromatic N) is 1. The molecule has 0 spiro atoms. The highest BCUT2D eigenvalue weighted by Crippen LogP contribution is 2.34. The van der Waals surface area contributed by atoms with E-state index in [0.717, 1.165) is 42.8 Å². The molecule has 1 fully saturated rings. The first-order chi connectivity index (χ1) is 10.7. The van der Waals surface area contributed by atoms with Crippen LogP contribution in [0.25, 0.3) is 10.2 Å². The molecule has 0 aliphatic carbocycles. The number of aromatic amines is 2. The number of rotatable bonds is 4. The summed E-state index contributed by atoms with van der Waals surface area (Å²) in [6, 6.07) is 2.10. The maximum atomic E-state index is 11.8. The molecule has 1 aliphatic rings. The van der Waals surface area contributed by atoms with Gasteiger partial charge in [0, 0.05) is 5.75 Å². The van der Waals surface area contributed by atoms with E-state index >= 15 is 0 Å². The number of nitrogens with one attached hydrogen (secondary N) is 3. The van der Waals surface area contributed by atoms with Crippen molar-refractivity contribution in [3.05, 3.63) is 26.4 Å². The standard InChI is InChI=1S/C13H14N4O3S2/c14-7-8-9-10(11(18)16-13(19)15-9)22-12(8)21-6-3-17-1-4-20-5-2-17/h1-6H2,(H2,15,16,18,19)/p+1. The molecule has 0 aromatic carbocycles. The van der Waals surface area contributed by atoms with Crippen molar-refractivity contribution in [3.8, 4) is 6.07 Å². The van der Waals surface area contributed by atoms with Crippen LogP contribution in [-0.2, 0) is 4.74 Å². The Morgan fingerprint density at radius 1 is 1.32 bits per heavy atom. The Bertz CT molecular complexity index is 826. The zero-order valence-electron chi connectivity index (χ0n) is 11.7. The third-order valence-corrected chi connectivity index (χ3v) is 6.01. The van der Waals surface area contributed by atoms with Crippen molar-refractivity contribution in [1.29, 1.82) is 5.26 Å². The second-order valence-electron chi connectivity index (χ2n) is 4.95. The van der Waals surface area contributed by atoms with Crippen molar-refractivity contribution in [1.82, 2.24) is 9.97 Å². The molecule has 7 nitrogen and oxygen atoms in total. The number of thioether (sulfide) groups is 1. The van der Waals surface area contributed by atoms with Gasteiger partial charge >= 0.3 is 5.69 Å². The fourth-order valence-electron chi connectivity index (χ4n) is 2.40. The maximum Gasteiger partial charge on any atom is 0.326 e. The Morgan fingerprint density at radius 2 is 2.09 bits per heavy atom. The van der Waals surface area contributed by atoms with Crippen LogP contribution in [0.5, 0.6) is 0 Å². The van der Waals surface area contributed by atoms with Gasteiger partial charge in [0.15, 0.2) is 0 Å². The minimum Gasteiger partial charge on any atom is -0.370 e. The molecular weight excluding hydrogens is 324 g/mol. The second-order valence-corrected chi connectivity index (χ2v) is 7.33. The second kappa shape index (κ2) is 6.66. The lowest BCUT2D eigenvalue weighted by molar-refractivity contribution is -0.905. The van der Waals surface area contributed by atoms with E-state index in [1.54, 1.807) is 11.8 Å². The van der Waals surface area contributed by atoms with E-state index in [0.29, 0.717) is 15.8 Å². The molecule has 0 bridgehead atoms. The molecule has 3 heterocycles. The lowest BCUT2D eigenvalue weighted by Gasteiger charge is -2.23. The number of nitriles is 1. The molecule has 3 N–H and O–H groups in total. The van der Waals surface area contributed by atoms with Crippen LogP contribution >= 0.6 is 23.1 Å². The molecule has 2 aromatic rings. The molecule has 9 heteroatoms. The van der Waals surface area contributed by atoms with Crippen molar-refractivity contribution >= 4 is 33.3 Å². The quantitative estimate of drug-likeness (QED) is 0.630. The summed E-state index contributed by atoms with van der Waals surface area (Å²) in [7, 11) is 0. The van der Waals surface area contributed by atoms with Gasteiger partial charge in [-0.05, 0) is 0 Å². The van der Waals surface area contributed by atoms with Crippen molar-refractivity contribution in [2.45, 2.75) is 4.21 Å². The van der Waals surface area contributed by atoms with E-state index in [4.69, 9.17) is 4.74 Å². The third-order valence-electron chi connectivity index (χ3n) is 3.55. The first-order valence-electron chi connectivity index (χ1n) is 6.92. The minimum atomic E-state index is -0.582. The average Bonchev–Trinajstić information content (AvgIpc) is 2.86. The van der Waals surface area contributed by atoms with Gasteiger partial charge in [-0.15, -0.1) is 23.1 Å². The number of quaternary nitrogens is 1. The zero-order valence-corrected chi connectivity index (χ0v) is 13.4. The molecule has 1 aliphatic heterocycles. The predicted molar refractivity (Wildman–Crippen MR) is 84.9 cm³/mol. The average molecular weight is 339 g/mol. The molecule has 0 unspecified atom stereocenters. The SMILES string of the molecule is N#Cc1c(SCC[NH+]2CCOCC2)sc2c(=O)[nH]c(=O)[nH]c12. The fourth-order valence-corrected chi connectivity index (χ4v) is 4.83. The van der Waals surface area contributed by atoms with Crippen LogP contribution in [0.3, 0.4) is 0 Å². The fraction of sp³-hybridized carbons (Fsp3) is 0.462. The third kappa shape index (κ3) is 3.10. The number of H-pyrrole nitrogens is 2. The van der Waals surface area contributed by atoms with Crippen LogP contribution in [0.15, 0.2) is 13.8 Å². The van der Waals surface area contributed by atoms with E-state index in [2.05, 4.69) is 16.0 Å². The molecule has 2 aromatic heterocycles. The number of hydrogen-bond donors (Lipinski definition) is 3. The van der Waals surface area contributed by atoms with Crippen LogP contribution in [0.1, 0.15) is 5.56 Å². The number of fused-ring (bicyclic) bond motifs is 1. The normalized spacial score (nSPS) is 16.0. The van der Waals surface area contributed by atoms with Crippen LogP contribution in [-0.4, -0.2) is 48.6 Å². The monoisotopic (exact) mass is 339 g/mol. The van der Waals surface area contributed by atoms with Gasteiger partial charge in [-0.25, -0.2) is 4.79 Å². The summed E-state index contributed by atoms with van der Waals surface area (Å²) in [5.74, 6) is 0.860. The smallest absolute Gasteiger partial charge is 0.326 e. The Morgan fingerprint density at radius 3 is 2.82 bits per heavy atom. The summed E-state index contributed by atoms with van der Waals surface area (Å²) in [6.07, 6.45) is 0.